The molecule has 25 heavy (non-hydrogen) atoms. The average Bonchev–Trinajstić information content (AvgIpc) is 3.16. The Hall–Kier alpha value is -2.70. The topological polar surface area (TPSA) is 56.5 Å². The molecule has 2 heterocycles. The van der Waals surface area contributed by atoms with Crippen molar-refractivity contribution in [1.82, 2.24) is 14.6 Å². The predicted molar refractivity (Wildman–Crippen MR) is 99.4 cm³/mol. The molecule has 2 aromatic carbocycles. The Labute approximate surface area is 151 Å². The highest BCUT2D eigenvalue weighted by Crippen LogP contribution is 2.20. The van der Waals surface area contributed by atoms with Crippen LogP contribution in [0.15, 0.2) is 53.3 Å². The molecular weight excluding hydrogens is 358 g/mol. The number of rotatable bonds is 3. The van der Waals surface area contributed by atoms with Crippen molar-refractivity contribution in [2.75, 3.05) is 7.11 Å². The quantitative estimate of drug-likeness (QED) is 0.557. The number of nitrogens with zero attached hydrogens (tertiary/aromatic N) is 3. The molecule has 4 rings (SSSR count). The van der Waals surface area contributed by atoms with Gasteiger partial charge in [0.1, 0.15) is 5.75 Å². The van der Waals surface area contributed by atoms with Crippen LogP contribution in [0.1, 0.15) is 5.56 Å². The zero-order chi connectivity index (χ0) is 17.4. The van der Waals surface area contributed by atoms with Crippen molar-refractivity contribution >= 4 is 34.0 Å². The minimum atomic E-state index is -0.184. The van der Waals surface area contributed by atoms with E-state index >= 15 is 0 Å². The van der Waals surface area contributed by atoms with E-state index in [-0.39, 0.29) is 5.56 Å². The summed E-state index contributed by atoms with van der Waals surface area (Å²) in [5.74, 6) is 1.26. The van der Waals surface area contributed by atoms with Crippen LogP contribution in [0.5, 0.6) is 5.75 Å². The number of hydrogen-bond donors (Lipinski definition) is 0. The van der Waals surface area contributed by atoms with Crippen molar-refractivity contribution in [3.8, 4) is 17.1 Å². The van der Waals surface area contributed by atoms with E-state index in [0.29, 0.717) is 20.3 Å². The lowest BCUT2D eigenvalue weighted by Crippen LogP contribution is -2.23. The van der Waals surface area contributed by atoms with Crippen LogP contribution in [0.4, 0.5) is 0 Å². The molecular formula is C18H12ClN3O2S. The first-order valence-electron chi connectivity index (χ1n) is 7.45. The van der Waals surface area contributed by atoms with Crippen molar-refractivity contribution in [2.45, 2.75) is 0 Å². The lowest BCUT2D eigenvalue weighted by atomic mass is 10.2. The summed E-state index contributed by atoms with van der Waals surface area (Å²) < 4.78 is 7.05. The van der Waals surface area contributed by atoms with Crippen molar-refractivity contribution in [3.05, 3.63) is 74.0 Å². The summed E-state index contributed by atoms with van der Waals surface area (Å²) in [5.41, 5.74) is 1.51. The molecule has 7 heteroatoms. The Balaban J connectivity index is 1.77. The van der Waals surface area contributed by atoms with Gasteiger partial charge in [0.2, 0.25) is 4.96 Å². The van der Waals surface area contributed by atoms with Gasteiger partial charge in [-0.1, -0.05) is 47.2 Å². The fraction of sp³-hybridized carbons (Fsp3) is 0.0556. The molecule has 5 nitrogen and oxygen atoms in total. The number of halogens is 1. The van der Waals surface area contributed by atoms with E-state index in [1.54, 1.807) is 19.2 Å². The molecule has 0 spiro atoms. The Morgan fingerprint density at radius 1 is 1.20 bits per heavy atom. The van der Waals surface area contributed by atoms with Gasteiger partial charge in [0.05, 0.1) is 11.6 Å². The molecule has 0 bridgehead atoms. The maximum absolute atomic E-state index is 12.6. The van der Waals surface area contributed by atoms with Crippen LogP contribution >= 0.6 is 22.9 Å². The van der Waals surface area contributed by atoms with E-state index in [1.807, 2.05) is 42.5 Å². The number of benzene rings is 2. The molecule has 0 aliphatic rings. The number of hydrogen-bond acceptors (Lipinski definition) is 5. The minimum Gasteiger partial charge on any atom is -0.497 e. The lowest BCUT2D eigenvalue weighted by molar-refractivity contribution is 0.415. The summed E-state index contributed by atoms with van der Waals surface area (Å²) in [7, 11) is 1.62. The van der Waals surface area contributed by atoms with Crippen LogP contribution in [-0.4, -0.2) is 21.7 Å². The zero-order valence-electron chi connectivity index (χ0n) is 13.1. The Kier molecular flexibility index (Phi) is 3.99. The second-order valence-electron chi connectivity index (χ2n) is 5.33. The Morgan fingerprint density at radius 3 is 2.68 bits per heavy atom. The van der Waals surface area contributed by atoms with Gasteiger partial charge in [0, 0.05) is 10.6 Å². The fourth-order valence-corrected chi connectivity index (χ4v) is 3.53. The molecule has 0 aliphatic carbocycles. The fourth-order valence-electron chi connectivity index (χ4n) is 2.44. The summed E-state index contributed by atoms with van der Waals surface area (Å²) >= 11 is 7.31. The standard InChI is InChI=1S/C18H12ClN3O2S/c1-24-14-7-5-11(6-8-14)9-15-17(23)22-18(25-15)20-16(21-22)12-3-2-4-13(19)10-12/h2-10H,1H3. The lowest BCUT2D eigenvalue weighted by Gasteiger charge is -1.98. The van der Waals surface area contributed by atoms with Gasteiger partial charge in [-0.2, -0.15) is 9.50 Å². The molecule has 0 atom stereocenters. The molecule has 4 aromatic rings. The normalized spacial score (nSPS) is 12.0. The van der Waals surface area contributed by atoms with Gasteiger partial charge in [0.25, 0.3) is 5.56 Å². The Morgan fingerprint density at radius 2 is 2.00 bits per heavy atom. The molecule has 0 N–H and O–H groups in total. The molecule has 0 fully saturated rings. The maximum atomic E-state index is 12.6. The number of ether oxygens (including phenoxy) is 1. The second-order valence-corrected chi connectivity index (χ2v) is 6.77. The zero-order valence-corrected chi connectivity index (χ0v) is 14.7. The van der Waals surface area contributed by atoms with Crippen molar-refractivity contribution in [1.29, 1.82) is 0 Å². The third kappa shape index (κ3) is 3.01. The molecule has 2 aromatic heterocycles. The molecule has 0 aliphatic heterocycles. The van der Waals surface area contributed by atoms with E-state index in [4.69, 9.17) is 16.3 Å². The first kappa shape index (κ1) is 15.8. The molecule has 0 radical (unpaired) electrons. The Bertz CT molecular complexity index is 1170. The molecule has 0 unspecified atom stereocenters. The van der Waals surface area contributed by atoms with E-state index < -0.39 is 0 Å². The van der Waals surface area contributed by atoms with Gasteiger partial charge in [-0.3, -0.25) is 4.79 Å². The van der Waals surface area contributed by atoms with Crippen molar-refractivity contribution in [2.24, 2.45) is 0 Å². The summed E-state index contributed by atoms with van der Waals surface area (Å²) in [5, 5.41) is 4.92. The maximum Gasteiger partial charge on any atom is 0.291 e. The molecule has 0 amide bonds. The third-order valence-corrected chi connectivity index (χ3v) is 4.87. The monoisotopic (exact) mass is 369 g/mol. The SMILES string of the molecule is COc1ccc(C=c2sc3nc(-c4cccc(Cl)c4)nn3c2=O)cc1. The second kappa shape index (κ2) is 6.31. The van der Waals surface area contributed by atoms with Gasteiger partial charge in [-0.15, -0.1) is 5.10 Å². The third-order valence-electron chi connectivity index (χ3n) is 3.68. The molecule has 0 saturated heterocycles. The van der Waals surface area contributed by atoms with Crippen LogP contribution < -0.4 is 14.8 Å². The summed E-state index contributed by atoms with van der Waals surface area (Å²) in [6.07, 6.45) is 1.82. The predicted octanol–water partition coefficient (Wildman–Crippen LogP) is 3.03. The molecule has 0 saturated carbocycles. The van der Waals surface area contributed by atoms with Gasteiger partial charge in [0.15, 0.2) is 5.82 Å². The first-order valence-corrected chi connectivity index (χ1v) is 8.65. The number of aromatic nitrogens is 3. The largest absolute Gasteiger partial charge is 0.497 e. The van der Waals surface area contributed by atoms with Crippen LogP contribution in [-0.2, 0) is 0 Å². The van der Waals surface area contributed by atoms with Crippen LogP contribution in [0.3, 0.4) is 0 Å². The minimum absolute atomic E-state index is 0.184. The van der Waals surface area contributed by atoms with Gasteiger partial charge in [-0.05, 0) is 35.9 Å². The van der Waals surface area contributed by atoms with Gasteiger partial charge >= 0.3 is 0 Å². The van der Waals surface area contributed by atoms with Crippen LogP contribution in [0.2, 0.25) is 5.02 Å². The average molecular weight is 370 g/mol. The van der Waals surface area contributed by atoms with E-state index in [1.165, 1.54) is 15.9 Å². The number of fused-ring (bicyclic) bond motifs is 1. The highest BCUT2D eigenvalue weighted by atomic mass is 35.5. The highest BCUT2D eigenvalue weighted by molar-refractivity contribution is 7.15. The number of methoxy groups -OCH3 is 1. The molecule has 124 valence electrons. The summed E-state index contributed by atoms with van der Waals surface area (Å²) in [6, 6.07) is 14.7. The van der Waals surface area contributed by atoms with E-state index in [0.717, 1.165) is 16.9 Å². The highest BCUT2D eigenvalue weighted by Gasteiger charge is 2.12. The van der Waals surface area contributed by atoms with Crippen LogP contribution in [0.25, 0.3) is 22.4 Å². The van der Waals surface area contributed by atoms with E-state index in [9.17, 15) is 4.79 Å². The summed E-state index contributed by atoms with van der Waals surface area (Å²) in [6.45, 7) is 0. The first-order chi connectivity index (χ1) is 12.1. The number of thiazole rings is 1. The van der Waals surface area contributed by atoms with Gasteiger partial charge < -0.3 is 4.74 Å². The van der Waals surface area contributed by atoms with Crippen molar-refractivity contribution < 1.29 is 4.74 Å². The van der Waals surface area contributed by atoms with Crippen molar-refractivity contribution in [3.63, 3.8) is 0 Å². The van der Waals surface area contributed by atoms with E-state index in [2.05, 4.69) is 10.1 Å². The van der Waals surface area contributed by atoms with Gasteiger partial charge in [-0.25, -0.2) is 0 Å². The van der Waals surface area contributed by atoms with Crippen LogP contribution in [0, 0.1) is 0 Å². The smallest absolute Gasteiger partial charge is 0.291 e. The summed E-state index contributed by atoms with van der Waals surface area (Å²) in [4.78, 5) is 17.6.